The van der Waals surface area contributed by atoms with Crippen LogP contribution in [0.15, 0.2) is 12.3 Å². The first-order valence-electron chi connectivity index (χ1n) is 6.14. The van der Waals surface area contributed by atoms with Crippen molar-refractivity contribution < 1.29 is 4.79 Å². The number of likely N-dealkylation sites (N-methyl/N-ethyl adjacent to an activating group) is 1. The molecule has 17 heavy (non-hydrogen) atoms. The Morgan fingerprint density at radius 1 is 1.47 bits per heavy atom. The standard InChI is InChI=1S/C12H22N4O/c1-5-16(6-2)12(17)10(4)14-9(3)11-7-8-13-15-11/h7-10,14H,5-6H2,1-4H3,(H,13,15). The number of rotatable bonds is 6. The zero-order valence-corrected chi connectivity index (χ0v) is 11.0. The maximum atomic E-state index is 12.0. The van der Waals surface area contributed by atoms with Crippen molar-refractivity contribution in [3.63, 3.8) is 0 Å². The maximum Gasteiger partial charge on any atom is 0.239 e. The van der Waals surface area contributed by atoms with E-state index in [2.05, 4.69) is 15.5 Å². The van der Waals surface area contributed by atoms with E-state index in [1.165, 1.54) is 0 Å². The van der Waals surface area contributed by atoms with E-state index in [1.807, 2.05) is 38.7 Å². The lowest BCUT2D eigenvalue weighted by Crippen LogP contribution is -2.45. The Kier molecular flexibility index (Phi) is 5.15. The minimum atomic E-state index is -0.187. The molecule has 0 aliphatic rings. The summed E-state index contributed by atoms with van der Waals surface area (Å²) in [5.74, 6) is 0.140. The first kappa shape index (κ1) is 13.7. The van der Waals surface area contributed by atoms with Gasteiger partial charge in [0.1, 0.15) is 0 Å². The van der Waals surface area contributed by atoms with Gasteiger partial charge in [-0.15, -0.1) is 0 Å². The third-order valence-electron chi connectivity index (χ3n) is 2.93. The van der Waals surface area contributed by atoms with Crippen molar-refractivity contribution in [2.75, 3.05) is 13.1 Å². The van der Waals surface area contributed by atoms with Crippen molar-refractivity contribution >= 4 is 5.91 Å². The van der Waals surface area contributed by atoms with E-state index in [0.717, 1.165) is 18.8 Å². The molecule has 0 fully saturated rings. The predicted molar refractivity (Wildman–Crippen MR) is 67.5 cm³/mol. The second kappa shape index (κ2) is 6.39. The van der Waals surface area contributed by atoms with Gasteiger partial charge in [0, 0.05) is 25.3 Å². The van der Waals surface area contributed by atoms with Crippen LogP contribution in [0.1, 0.15) is 39.4 Å². The maximum absolute atomic E-state index is 12.0. The Labute approximate surface area is 103 Å². The summed E-state index contributed by atoms with van der Waals surface area (Å²) < 4.78 is 0. The molecule has 1 aromatic rings. The summed E-state index contributed by atoms with van der Waals surface area (Å²) in [7, 11) is 0. The third kappa shape index (κ3) is 3.56. The summed E-state index contributed by atoms with van der Waals surface area (Å²) in [6.45, 7) is 9.39. The molecule has 96 valence electrons. The molecule has 2 atom stereocenters. The molecule has 0 spiro atoms. The summed E-state index contributed by atoms with van der Waals surface area (Å²) in [6, 6.07) is 1.81. The number of nitrogens with zero attached hydrogens (tertiary/aromatic N) is 2. The Hall–Kier alpha value is -1.36. The molecule has 5 nitrogen and oxygen atoms in total. The Morgan fingerprint density at radius 2 is 2.12 bits per heavy atom. The third-order valence-corrected chi connectivity index (χ3v) is 2.93. The molecule has 0 saturated carbocycles. The van der Waals surface area contributed by atoms with Gasteiger partial charge in [-0.2, -0.15) is 5.10 Å². The minimum absolute atomic E-state index is 0.0898. The van der Waals surface area contributed by atoms with Crippen LogP contribution in [-0.4, -0.2) is 40.1 Å². The van der Waals surface area contributed by atoms with E-state index < -0.39 is 0 Å². The van der Waals surface area contributed by atoms with E-state index >= 15 is 0 Å². The number of carbonyl (C=O) groups excluding carboxylic acids is 1. The highest BCUT2D eigenvalue weighted by Gasteiger charge is 2.20. The van der Waals surface area contributed by atoms with Crippen molar-refractivity contribution in [3.8, 4) is 0 Å². The van der Waals surface area contributed by atoms with Crippen LogP contribution >= 0.6 is 0 Å². The van der Waals surface area contributed by atoms with E-state index in [4.69, 9.17) is 0 Å². The number of aromatic nitrogens is 2. The van der Waals surface area contributed by atoms with Gasteiger partial charge < -0.3 is 4.90 Å². The average Bonchev–Trinajstić information content (AvgIpc) is 2.83. The normalized spacial score (nSPS) is 14.4. The topological polar surface area (TPSA) is 61.0 Å². The largest absolute Gasteiger partial charge is 0.342 e. The molecule has 0 aliphatic heterocycles. The zero-order chi connectivity index (χ0) is 12.8. The summed E-state index contributed by atoms with van der Waals surface area (Å²) in [5, 5.41) is 10.1. The highest BCUT2D eigenvalue weighted by molar-refractivity contribution is 5.81. The monoisotopic (exact) mass is 238 g/mol. The lowest BCUT2D eigenvalue weighted by atomic mass is 10.2. The molecule has 5 heteroatoms. The molecule has 0 aliphatic carbocycles. The molecule has 0 bridgehead atoms. The van der Waals surface area contributed by atoms with E-state index in [-0.39, 0.29) is 18.0 Å². The zero-order valence-electron chi connectivity index (χ0n) is 11.0. The number of nitrogens with one attached hydrogen (secondary N) is 2. The van der Waals surface area contributed by atoms with Gasteiger partial charge in [0.2, 0.25) is 5.91 Å². The molecule has 1 amide bonds. The van der Waals surface area contributed by atoms with Crippen molar-refractivity contribution in [1.82, 2.24) is 20.4 Å². The van der Waals surface area contributed by atoms with Gasteiger partial charge in [0.15, 0.2) is 0 Å². The fourth-order valence-electron chi connectivity index (χ4n) is 1.85. The van der Waals surface area contributed by atoms with Crippen molar-refractivity contribution in [3.05, 3.63) is 18.0 Å². The lowest BCUT2D eigenvalue weighted by Gasteiger charge is -2.25. The molecule has 0 radical (unpaired) electrons. The highest BCUT2D eigenvalue weighted by atomic mass is 16.2. The van der Waals surface area contributed by atoms with Gasteiger partial charge in [0.05, 0.1) is 11.7 Å². The van der Waals surface area contributed by atoms with E-state index in [1.54, 1.807) is 6.20 Å². The summed E-state index contributed by atoms with van der Waals surface area (Å²) in [6.07, 6.45) is 1.71. The fourth-order valence-corrected chi connectivity index (χ4v) is 1.85. The van der Waals surface area contributed by atoms with Crippen LogP contribution in [-0.2, 0) is 4.79 Å². The molecular formula is C12H22N4O. The quantitative estimate of drug-likeness (QED) is 0.785. The highest BCUT2D eigenvalue weighted by Crippen LogP contribution is 2.09. The van der Waals surface area contributed by atoms with Gasteiger partial charge in [0.25, 0.3) is 0 Å². The van der Waals surface area contributed by atoms with Crippen LogP contribution < -0.4 is 5.32 Å². The molecule has 1 heterocycles. The van der Waals surface area contributed by atoms with Crippen molar-refractivity contribution in [1.29, 1.82) is 0 Å². The van der Waals surface area contributed by atoms with Gasteiger partial charge in [-0.3, -0.25) is 15.2 Å². The van der Waals surface area contributed by atoms with E-state index in [0.29, 0.717) is 0 Å². The summed E-state index contributed by atoms with van der Waals surface area (Å²) in [4.78, 5) is 13.9. The van der Waals surface area contributed by atoms with Crippen LogP contribution in [0.2, 0.25) is 0 Å². The van der Waals surface area contributed by atoms with Crippen LogP contribution in [0.4, 0.5) is 0 Å². The summed E-state index contributed by atoms with van der Waals surface area (Å²) in [5.41, 5.74) is 0.990. The number of H-pyrrole nitrogens is 1. The smallest absolute Gasteiger partial charge is 0.239 e. The number of amides is 1. The van der Waals surface area contributed by atoms with Crippen molar-refractivity contribution in [2.24, 2.45) is 0 Å². The Balaban J connectivity index is 2.54. The number of hydrogen-bond acceptors (Lipinski definition) is 3. The first-order chi connectivity index (χ1) is 8.10. The molecule has 1 rings (SSSR count). The molecule has 1 aromatic heterocycles. The minimum Gasteiger partial charge on any atom is -0.342 e. The summed E-state index contributed by atoms with van der Waals surface area (Å²) >= 11 is 0. The van der Waals surface area contributed by atoms with Crippen molar-refractivity contribution in [2.45, 2.75) is 39.8 Å². The Morgan fingerprint density at radius 3 is 2.59 bits per heavy atom. The number of hydrogen-bond donors (Lipinski definition) is 2. The molecule has 0 aromatic carbocycles. The first-order valence-corrected chi connectivity index (χ1v) is 6.14. The van der Waals surface area contributed by atoms with Crippen LogP contribution in [0, 0.1) is 0 Å². The van der Waals surface area contributed by atoms with Crippen LogP contribution in [0.3, 0.4) is 0 Å². The lowest BCUT2D eigenvalue weighted by molar-refractivity contribution is -0.132. The second-order valence-electron chi connectivity index (χ2n) is 4.13. The van der Waals surface area contributed by atoms with Gasteiger partial charge in [-0.1, -0.05) is 0 Å². The average molecular weight is 238 g/mol. The molecule has 2 unspecified atom stereocenters. The van der Waals surface area contributed by atoms with Crippen LogP contribution in [0.25, 0.3) is 0 Å². The van der Waals surface area contributed by atoms with Gasteiger partial charge in [-0.25, -0.2) is 0 Å². The Bertz CT molecular complexity index is 332. The number of carbonyl (C=O) groups is 1. The van der Waals surface area contributed by atoms with Crippen LogP contribution in [0.5, 0.6) is 0 Å². The fraction of sp³-hybridized carbons (Fsp3) is 0.667. The van der Waals surface area contributed by atoms with E-state index in [9.17, 15) is 4.79 Å². The predicted octanol–water partition coefficient (Wildman–Crippen LogP) is 1.32. The molecule has 2 N–H and O–H groups in total. The molecular weight excluding hydrogens is 216 g/mol. The van der Waals surface area contributed by atoms with Gasteiger partial charge in [-0.05, 0) is 33.8 Å². The molecule has 0 saturated heterocycles. The second-order valence-corrected chi connectivity index (χ2v) is 4.13. The SMILES string of the molecule is CCN(CC)C(=O)C(C)NC(C)c1ccn[nH]1. The van der Waals surface area contributed by atoms with Gasteiger partial charge >= 0.3 is 0 Å². The number of aromatic amines is 1.